The fourth-order valence-electron chi connectivity index (χ4n) is 5.73. The maximum absolute atomic E-state index is 11.0. The number of non-ortho nitro benzene ring substituents is 3. The third-order valence-electron chi connectivity index (χ3n) is 7.91. The van der Waals surface area contributed by atoms with Gasteiger partial charge < -0.3 is 0 Å². The summed E-state index contributed by atoms with van der Waals surface area (Å²) in [6, 6.07) is 25.4. The third kappa shape index (κ3) is 6.57. The molecule has 0 aliphatic carbocycles. The minimum absolute atomic E-state index is 0. The molecule has 0 N–H and O–H groups in total. The zero-order chi connectivity index (χ0) is 35.5. The fourth-order valence-corrected chi connectivity index (χ4v) is 5.73. The Bertz CT molecular complexity index is 2530. The second kappa shape index (κ2) is 14.8. The number of nitro benzene ring substituents is 3. The molecule has 0 fully saturated rings. The van der Waals surface area contributed by atoms with Gasteiger partial charge in [0.25, 0.3) is 17.1 Å². The number of pyridine rings is 6. The SMILES string of the molecule is O=[N+]([O-])c1cc2cccnc2c2ncccc12.O=[N+]([O-])c1cc2cccnc2c2ncccc12.O=[N+]([O-])c1cc2cccnc2c2ncccc12.[Fe]. The van der Waals surface area contributed by atoms with Gasteiger partial charge in [-0.25, -0.2) is 0 Å². The molecule has 0 saturated carbocycles. The Hall–Kier alpha value is -7.16. The molecule has 6 aromatic heterocycles. The Morgan fingerprint density at radius 1 is 0.365 bits per heavy atom. The Morgan fingerprint density at radius 2 is 0.596 bits per heavy atom. The molecule has 0 saturated heterocycles. The summed E-state index contributed by atoms with van der Waals surface area (Å²) in [5, 5.41) is 36.8. The number of nitro groups is 3. The van der Waals surface area contributed by atoms with Crippen LogP contribution in [-0.2, 0) is 17.1 Å². The molecule has 3 aromatic carbocycles. The van der Waals surface area contributed by atoms with Crippen molar-refractivity contribution >= 4 is 82.5 Å². The van der Waals surface area contributed by atoms with Gasteiger partial charge in [-0.05, 0) is 54.6 Å². The number of hydrogen-bond acceptors (Lipinski definition) is 12. The van der Waals surface area contributed by atoms with Gasteiger partial charge in [-0.15, -0.1) is 0 Å². The minimum Gasteiger partial charge on any atom is -0.258 e. The molecule has 52 heavy (non-hydrogen) atoms. The van der Waals surface area contributed by atoms with Crippen LogP contribution in [0.4, 0.5) is 17.1 Å². The number of aromatic nitrogens is 6. The van der Waals surface area contributed by atoms with E-state index < -0.39 is 14.8 Å². The molecule has 254 valence electrons. The van der Waals surface area contributed by atoms with Crippen LogP contribution in [0.5, 0.6) is 0 Å². The van der Waals surface area contributed by atoms with Gasteiger partial charge in [0.05, 0.1) is 47.5 Å². The maximum Gasteiger partial charge on any atom is 0.279 e. The number of rotatable bonds is 3. The van der Waals surface area contributed by atoms with E-state index in [-0.39, 0.29) is 34.1 Å². The van der Waals surface area contributed by atoms with Crippen LogP contribution in [0.2, 0.25) is 0 Å². The molecule has 0 atom stereocenters. The predicted molar refractivity (Wildman–Crippen MR) is 191 cm³/mol. The summed E-state index contributed by atoms with van der Waals surface area (Å²) in [4.78, 5) is 57.1. The first-order chi connectivity index (χ1) is 24.8. The average Bonchev–Trinajstić information content (AvgIpc) is 3.17. The van der Waals surface area contributed by atoms with Crippen molar-refractivity contribution in [3.05, 3.63) is 159 Å². The molecule has 0 spiro atoms. The van der Waals surface area contributed by atoms with Crippen LogP contribution < -0.4 is 0 Å². The predicted octanol–water partition coefficient (Wildman–Crippen LogP) is 8.07. The number of fused-ring (bicyclic) bond motifs is 9. The molecule has 0 aliphatic rings. The van der Waals surface area contributed by atoms with Crippen LogP contribution in [0.1, 0.15) is 0 Å². The van der Waals surface area contributed by atoms with Crippen LogP contribution in [0.3, 0.4) is 0 Å². The normalized spacial score (nSPS) is 10.6. The first-order valence-electron chi connectivity index (χ1n) is 15.1. The standard InChI is InChI=1S/3C12H7N3O2.Fe/c3*16-15(17)10-7-8-3-1-5-13-11(8)12-9(10)4-2-6-14-12;/h3*1-7H;. The van der Waals surface area contributed by atoms with E-state index in [0.29, 0.717) is 49.3 Å². The van der Waals surface area contributed by atoms with Gasteiger partial charge in [-0.3, -0.25) is 60.2 Å². The summed E-state index contributed by atoms with van der Waals surface area (Å²) >= 11 is 0. The van der Waals surface area contributed by atoms with E-state index in [1.54, 1.807) is 110 Å². The van der Waals surface area contributed by atoms with Crippen molar-refractivity contribution in [1.29, 1.82) is 0 Å². The average molecular weight is 731 g/mol. The summed E-state index contributed by atoms with van der Waals surface area (Å²) in [5.41, 5.74) is 3.96. The van der Waals surface area contributed by atoms with Gasteiger partial charge in [-0.1, -0.05) is 18.2 Å². The molecule has 6 heterocycles. The van der Waals surface area contributed by atoms with E-state index in [1.165, 1.54) is 18.2 Å². The summed E-state index contributed by atoms with van der Waals surface area (Å²) in [7, 11) is 0. The van der Waals surface area contributed by atoms with Crippen molar-refractivity contribution < 1.29 is 31.8 Å². The quantitative estimate of drug-likeness (QED) is 0.0731. The Labute approximate surface area is 302 Å². The van der Waals surface area contributed by atoms with Gasteiger partial charge >= 0.3 is 0 Å². The molecule has 0 amide bonds. The second-order valence-corrected chi connectivity index (χ2v) is 10.9. The van der Waals surface area contributed by atoms with Gasteiger partial charge in [0, 0.05) is 88.6 Å². The van der Waals surface area contributed by atoms with Crippen molar-refractivity contribution in [3.8, 4) is 0 Å². The van der Waals surface area contributed by atoms with Crippen LogP contribution in [0, 0.1) is 30.3 Å². The number of hydrogen-bond donors (Lipinski definition) is 0. The maximum atomic E-state index is 11.0. The molecular formula is C36H21FeN9O6. The van der Waals surface area contributed by atoms with Crippen LogP contribution in [0.15, 0.2) is 128 Å². The molecule has 0 unspecified atom stereocenters. The Balaban J connectivity index is 0.000000133. The second-order valence-electron chi connectivity index (χ2n) is 10.9. The molecule has 9 rings (SSSR count). The Kier molecular flexibility index (Phi) is 9.85. The van der Waals surface area contributed by atoms with Crippen molar-refractivity contribution in [2.75, 3.05) is 0 Å². The fraction of sp³-hybridized carbons (Fsp3) is 0. The van der Waals surface area contributed by atoms with E-state index in [1.807, 2.05) is 0 Å². The summed E-state index contributed by atoms with van der Waals surface area (Å²) in [6.45, 7) is 0. The van der Waals surface area contributed by atoms with Crippen molar-refractivity contribution in [2.45, 2.75) is 0 Å². The molecule has 9 aromatic rings. The minimum atomic E-state index is -0.392. The summed E-state index contributed by atoms with van der Waals surface area (Å²) in [6.07, 6.45) is 9.80. The van der Waals surface area contributed by atoms with E-state index >= 15 is 0 Å². The van der Waals surface area contributed by atoms with Gasteiger partial charge in [0.15, 0.2) is 0 Å². The van der Waals surface area contributed by atoms with Crippen LogP contribution in [0.25, 0.3) is 65.4 Å². The third-order valence-corrected chi connectivity index (χ3v) is 7.91. The monoisotopic (exact) mass is 731 g/mol. The van der Waals surface area contributed by atoms with E-state index in [2.05, 4.69) is 29.9 Å². The van der Waals surface area contributed by atoms with Crippen LogP contribution in [-0.4, -0.2) is 44.7 Å². The number of benzene rings is 3. The van der Waals surface area contributed by atoms with E-state index in [4.69, 9.17) is 0 Å². The van der Waals surface area contributed by atoms with Crippen molar-refractivity contribution in [3.63, 3.8) is 0 Å². The van der Waals surface area contributed by atoms with Crippen molar-refractivity contribution in [2.24, 2.45) is 0 Å². The van der Waals surface area contributed by atoms with Gasteiger partial charge in [0.2, 0.25) is 0 Å². The van der Waals surface area contributed by atoms with Crippen molar-refractivity contribution in [1.82, 2.24) is 29.9 Å². The van der Waals surface area contributed by atoms with Gasteiger partial charge in [-0.2, -0.15) is 0 Å². The number of nitrogens with zero attached hydrogens (tertiary/aromatic N) is 9. The zero-order valence-corrected chi connectivity index (χ0v) is 27.6. The molecular weight excluding hydrogens is 710 g/mol. The molecule has 0 aliphatic heterocycles. The Morgan fingerprint density at radius 3 is 0.846 bits per heavy atom. The topological polar surface area (TPSA) is 207 Å². The van der Waals surface area contributed by atoms with Gasteiger partial charge in [0.1, 0.15) is 16.6 Å². The summed E-state index contributed by atoms with van der Waals surface area (Å²) in [5.74, 6) is 0. The van der Waals surface area contributed by atoms with E-state index in [0.717, 1.165) is 16.2 Å². The first kappa shape index (κ1) is 34.7. The molecule has 0 radical (unpaired) electrons. The molecule has 0 bridgehead atoms. The smallest absolute Gasteiger partial charge is 0.258 e. The molecule has 16 heteroatoms. The van der Waals surface area contributed by atoms with Crippen LogP contribution >= 0.6 is 0 Å². The largest absolute Gasteiger partial charge is 0.279 e. The zero-order valence-electron chi connectivity index (χ0n) is 26.5. The first-order valence-corrected chi connectivity index (χ1v) is 15.1. The summed E-state index contributed by atoms with van der Waals surface area (Å²) < 4.78 is 0. The van der Waals surface area contributed by atoms with E-state index in [9.17, 15) is 30.3 Å². The molecule has 15 nitrogen and oxygen atoms in total.